The Morgan fingerprint density at radius 2 is 2.00 bits per heavy atom. The Hall–Kier alpha value is -1.40. The van der Waals surface area contributed by atoms with Crippen molar-refractivity contribution in [1.29, 1.82) is 0 Å². The van der Waals surface area contributed by atoms with Crippen LogP contribution in [0.5, 0.6) is 0 Å². The van der Waals surface area contributed by atoms with Crippen molar-refractivity contribution < 1.29 is 13.2 Å². The number of benzene rings is 1. The molecule has 1 aromatic rings. The second kappa shape index (κ2) is 6.24. The number of rotatable bonds is 3. The minimum atomic E-state index is -3.22. The van der Waals surface area contributed by atoms with Gasteiger partial charge in [0.25, 0.3) is 0 Å². The summed E-state index contributed by atoms with van der Waals surface area (Å²) in [5.74, 6) is -0.156. The van der Waals surface area contributed by atoms with Gasteiger partial charge in [0.1, 0.15) is 0 Å². The second-order valence-electron chi connectivity index (χ2n) is 6.66. The zero-order valence-corrected chi connectivity index (χ0v) is 14.6. The molecule has 0 saturated carbocycles. The molecule has 1 saturated heterocycles. The standard InChI is InChI=1S/C17H24N2O3S/c1-18(16-10-9-13-6-3-4-8-15(13)16)17(20)14-7-5-11-19(12-14)23(2,21)22/h3-4,6,8,14,16H,5,7,9-12H2,1-2H3. The Labute approximate surface area is 138 Å². The molecule has 1 aliphatic carbocycles. The van der Waals surface area contributed by atoms with E-state index in [0.29, 0.717) is 13.1 Å². The zero-order valence-electron chi connectivity index (χ0n) is 13.7. The number of piperidine rings is 1. The van der Waals surface area contributed by atoms with Gasteiger partial charge in [-0.3, -0.25) is 4.79 Å². The smallest absolute Gasteiger partial charge is 0.227 e. The van der Waals surface area contributed by atoms with Crippen molar-refractivity contribution in [3.63, 3.8) is 0 Å². The van der Waals surface area contributed by atoms with Crippen LogP contribution in [-0.2, 0) is 21.2 Å². The average molecular weight is 336 g/mol. The SMILES string of the molecule is CN(C(=O)C1CCCN(S(C)(=O)=O)C1)C1CCc2ccccc21. The molecule has 5 nitrogen and oxygen atoms in total. The highest BCUT2D eigenvalue weighted by Gasteiger charge is 2.35. The van der Waals surface area contributed by atoms with E-state index in [0.717, 1.165) is 25.7 Å². The quantitative estimate of drug-likeness (QED) is 0.846. The van der Waals surface area contributed by atoms with Crippen LogP contribution in [0, 0.1) is 5.92 Å². The third kappa shape index (κ3) is 3.28. The third-order valence-corrected chi connectivity index (χ3v) is 6.39. The third-order valence-electron chi connectivity index (χ3n) is 5.12. The highest BCUT2D eigenvalue weighted by atomic mass is 32.2. The molecule has 23 heavy (non-hydrogen) atoms. The first-order valence-electron chi connectivity index (χ1n) is 8.17. The van der Waals surface area contributed by atoms with Crippen molar-refractivity contribution in [1.82, 2.24) is 9.21 Å². The van der Waals surface area contributed by atoms with E-state index >= 15 is 0 Å². The first-order chi connectivity index (χ1) is 10.9. The molecule has 0 bridgehead atoms. The fourth-order valence-electron chi connectivity index (χ4n) is 3.82. The van der Waals surface area contributed by atoms with E-state index in [-0.39, 0.29) is 17.9 Å². The van der Waals surface area contributed by atoms with Crippen LogP contribution >= 0.6 is 0 Å². The molecule has 2 unspecified atom stereocenters. The van der Waals surface area contributed by atoms with Gasteiger partial charge >= 0.3 is 0 Å². The van der Waals surface area contributed by atoms with Gasteiger partial charge in [-0.05, 0) is 36.8 Å². The van der Waals surface area contributed by atoms with Gasteiger partial charge in [-0.1, -0.05) is 24.3 Å². The molecule has 1 aliphatic heterocycles. The largest absolute Gasteiger partial charge is 0.338 e. The lowest BCUT2D eigenvalue weighted by atomic mass is 9.97. The van der Waals surface area contributed by atoms with E-state index < -0.39 is 10.0 Å². The van der Waals surface area contributed by atoms with Gasteiger partial charge < -0.3 is 4.90 Å². The van der Waals surface area contributed by atoms with E-state index in [1.54, 1.807) is 0 Å². The predicted octanol–water partition coefficient (Wildman–Crippen LogP) is 1.80. The van der Waals surface area contributed by atoms with Crippen molar-refractivity contribution in [3.8, 4) is 0 Å². The van der Waals surface area contributed by atoms with Gasteiger partial charge in [0, 0.05) is 20.1 Å². The molecule has 0 N–H and O–H groups in total. The molecule has 3 rings (SSSR count). The number of nitrogens with zero attached hydrogens (tertiary/aromatic N) is 2. The van der Waals surface area contributed by atoms with Gasteiger partial charge in [0.2, 0.25) is 15.9 Å². The van der Waals surface area contributed by atoms with Gasteiger partial charge in [0.05, 0.1) is 18.2 Å². The maximum Gasteiger partial charge on any atom is 0.227 e. The van der Waals surface area contributed by atoms with Gasteiger partial charge in [0.15, 0.2) is 0 Å². The van der Waals surface area contributed by atoms with Crippen LogP contribution in [0.1, 0.15) is 36.4 Å². The number of sulfonamides is 1. The second-order valence-corrected chi connectivity index (χ2v) is 8.65. The number of hydrogen-bond acceptors (Lipinski definition) is 3. The molecule has 2 atom stereocenters. The summed E-state index contributed by atoms with van der Waals surface area (Å²) in [6, 6.07) is 8.39. The molecule has 1 aromatic carbocycles. The summed E-state index contributed by atoms with van der Waals surface area (Å²) in [6.45, 7) is 0.842. The molecular formula is C17H24N2O3S. The fourth-order valence-corrected chi connectivity index (χ4v) is 4.74. The highest BCUT2D eigenvalue weighted by molar-refractivity contribution is 7.88. The normalized spacial score (nSPS) is 25.1. The van der Waals surface area contributed by atoms with Gasteiger partial charge in [-0.25, -0.2) is 12.7 Å². The minimum Gasteiger partial charge on any atom is -0.338 e. The molecular weight excluding hydrogens is 312 g/mol. The first-order valence-corrected chi connectivity index (χ1v) is 10.0. The lowest BCUT2D eigenvalue weighted by Crippen LogP contribution is -2.46. The van der Waals surface area contributed by atoms with Crippen molar-refractivity contribution in [3.05, 3.63) is 35.4 Å². The molecule has 1 fully saturated rings. The monoisotopic (exact) mass is 336 g/mol. The Balaban J connectivity index is 1.73. The van der Waals surface area contributed by atoms with Crippen LogP contribution in [0.15, 0.2) is 24.3 Å². The zero-order chi connectivity index (χ0) is 16.6. The highest BCUT2D eigenvalue weighted by Crippen LogP contribution is 2.36. The summed E-state index contributed by atoms with van der Waals surface area (Å²) >= 11 is 0. The van der Waals surface area contributed by atoms with Crippen molar-refractivity contribution >= 4 is 15.9 Å². The number of fused-ring (bicyclic) bond motifs is 1. The van der Waals surface area contributed by atoms with E-state index in [1.165, 1.54) is 21.7 Å². The molecule has 0 spiro atoms. The molecule has 1 heterocycles. The summed E-state index contributed by atoms with van der Waals surface area (Å²) in [5.41, 5.74) is 2.55. The molecule has 2 aliphatic rings. The van der Waals surface area contributed by atoms with Crippen molar-refractivity contribution in [2.75, 3.05) is 26.4 Å². The lowest BCUT2D eigenvalue weighted by molar-refractivity contribution is -0.137. The minimum absolute atomic E-state index is 0.0695. The van der Waals surface area contributed by atoms with Crippen LogP contribution in [0.4, 0.5) is 0 Å². The van der Waals surface area contributed by atoms with Crippen LogP contribution < -0.4 is 0 Å². The van der Waals surface area contributed by atoms with Crippen LogP contribution in [0.3, 0.4) is 0 Å². The summed E-state index contributed by atoms with van der Waals surface area (Å²) < 4.78 is 24.9. The number of hydrogen-bond donors (Lipinski definition) is 0. The summed E-state index contributed by atoms with van der Waals surface area (Å²) in [7, 11) is -1.37. The number of amides is 1. The maximum atomic E-state index is 12.9. The van der Waals surface area contributed by atoms with E-state index in [2.05, 4.69) is 12.1 Å². The van der Waals surface area contributed by atoms with Gasteiger partial charge in [-0.2, -0.15) is 0 Å². The van der Waals surface area contributed by atoms with E-state index in [4.69, 9.17) is 0 Å². The fraction of sp³-hybridized carbons (Fsp3) is 0.588. The van der Waals surface area contributed by atoms with Crippen molar-refractivity contribution in [2.24, 2.45) is 5.92 Å². The first kappa shape index (κ1) is 16.5. The summed E-state index contributed by atoms with van der Waals surface area (Å²) in [4.78, 5) is 14.7. The Bertz CT molecular complexity index is 702. The Morgan fingerprint density at radius 3 is 2.74 bits per heavy atom. The van der Waals surface area contributed by atoms with Crippen molar-refractivity contribution in [2.45, 2.75) is 31.7 Å². The summed E-state index contributed by atoms with van der Waals surface area (Å²) in [5, 5.41) is 0. The Morgan fingerprint density at radius 1 is 1.26 bits per heavy atom. The van der Waals surface area contributed by atoms with E-state index in [9.17, 15) is 13.2 Å². The molecule has 126 valence electrons. The molecule has 0 aromatic heterocycles. The van der Waals surface area contributed by atoms with Crippen LogP contribution in [-0.4, -0.2) is 49.9 Å². The summed E-state index contributed by atoms with van der Waals surface area (Å²) in [6.07, 6.45) is 4.68. The Kier molecular flexibility index (Phi) is 4.47. The maximum absolute atomic E-state index is 12.9. The number of aryl methyl sites for hydroxylation is 1. The number of carbonyl (C=O) groups excluding carboxylic acids is 1. The van der Waals surface area contributed by atoms with Crippen LogP contribution in [0.2, 0.25) is 0 Å². The molecule has 6 heteroatoms. The lowest BCUT2D eigenvalue weighted by Gasteiger charge is -2.34. The topological polar surface area (TPSA) is 57.7 Å². The molecule has 0 radical (unpaired) electrons. The number of carbonyl (C=O) groups is 1. The van der Waals surface area contributed by atoms with Gasteiger partial charge in [-0.15, -0.1) is 0 Å². The predicted molar refractivity (Wildman–Crippen MR) is 89.4 cm³/mol. The van der Waals surface area contributed by atoms with Crippen LogP contribution in [0.25, 0.3) is 0 Å². The molecule has 1 amide bonds. The average Bonchev–Trinajstić information content (AvgIpc) is 2.97. The van der Waals surface area contributed by atoms with E-state index in [1.807, 2.05) is 24.1 Å².